The maximum atomic E-state index is 13.3. The minimum Gasteiger partial charge on any atom is -0.348 e. The summed E-state index contributed by atoms with van der Waals surface area (Å²) in [6, 6.07) is 4.02. The maximum absolute atomic E-state index is 13.3. The third-order valence-corrected chi connectivity index (χ3v) is 7.17. The van der Waals surface area contributed by atoms with Crippen molar-refractivity contribution >= 4 is 23.2 Å². The number of nitrogens with zero attached hydrogens (tertiary/aromatic N) is 4. The van der Waals surface area contributed by atoms with Gasteiger partial charge in [0.2, 0.25) is 0 Å². The Morgan fingerprint density at radius 1 is 1.30 bits per heavy atom. The predicted octanol–water partition coefficient (Wildman–Crippen LogP) is 3.86. The first-order chi connectivity index (χ1) is 16.0. The number of aromatic nitrogens is 4. The molecular weight excluding hydrogens is 436 g/mol. The van der Waals surface area contributed by atoms with Gasteiger partial charge in [-0.1, -0.05) is 26.7 Å². The fourth-order valence-corrected chi connectivity index (χ4v) is 5.48. The van der Waals surface area contributed by atoms with E-state index in [1.165, 1.54) is 0 Å². The molecule has 0 radical (unpaired) electrons. The quantitative estimate of drug-likeness (QED) is 0.577. The van der Waals surface area contributed by atoms with Crippen molar-refractivity contribution < 1.29 is 9.59 Å². The van der Waals surface area contributed by atoms with Crippen molar-refractivity contribution in [2.24, 2.45) is 5.92 Å². The van der Waals surface area contributed by atoms with Gasteiger partial charge < -0.3 is 10.2 Å². The van der Waals surface area contributed by atoms with Gasteiger partial charge in [0.05, 0.1) is 12.2 Å². The molecule has 9 heteroatoms. The molecule has 0 atom stereocenters. The normalized spacial score (nSPS) is 16.4. The van der Waals surface area contributed by atoms with Crippen LogP contribution in [-0.4, -0.2) is 49.3 Å². The van der Waals surface area contributed by atoms with Crippen LogP contribution >= 0.6 is 11.3 Å². The molecule has 0 unspecified atom stereocenters. The number of amides is 2. The summed E-state index contributed by atoms with van der Waals surface area (Å²) in [5.41, 5.74) is 4.65. The number of H-pyrrole nitrogens is 1. The molecule has 2 amide bonds. The zero-order valence-electron chi connectivity index (χ0n) is 19.1. The number of carbonyl (C=O) groups is 2. The van der Waals surface area contributed by atoms with Gasteiger partial charge in [0.25, 0.3) is 11.8 Å². The van der Waals surface area contributed by atoms with Crippen LogP contribution in [0.2, 0.25) is 0 Å². The summed E-state index contributed by atoms with van der Waals surface area (Å²) < 4.78 is 1.98. The Hall–Kier alpha value is -2.94. The van der Waals surface area contributed by atoms with Crippen molar-refractivity contribution in [1.82, 2.24) is 30.2 Å². The molecule has 1 fully saturated rings. The molecule has 33 heavy (non-hydrogen) atoms. The Labute approximate surface area is 197 Å². The molecule has 5 rings (SSSR count). The lowest BCUT2D eigenvalue weighted by Crippen LogP contribution is -2.38. The van der Waals surface area contributed by atoms with E-state index in [9.17, 15) is 9.59 Å². The second kappa shape index (κ2) is 9.13. The molecule has 0 saturated heterocycles. The Balaban J connectivity index is 1.39. The average molecular weight is 467 g/mol. The van der Waals surface area contributed by atoms with Crippen molar-refractivity contribution in [3.05, 3.63) is 45.5 Å². The molecule has 4 heterocycles. The molecule has 8 nitrogen and oxygen atoms in total. The number of fused-ring (bicyclic) bond motifs is 1. The third-order valence-electron chi connectivity index (χ3n) is 6.49. The Bertz CT molecular complexity index is 1140. The van der Waals surface area contributed by atoms with Gasteiger partial charge in [0.1, 0.15) is 5.69 Å². The zero-order chi connectivity index (χ0) is 22.9. The fraction of sp³-hybridized carbons (Fsp3) is 0.500. The fourth-order valence-electron chi connectivity index (χ4n) is 4.83. The molecule has 2 N–H and O–H groups in total. The van der Waals surface area contributed by atoms with Gasteiger partial charge in [0, 0.05) is 47.8 Å². The minimum atomic E-state index is -0.115. The predicted molar refractivity (Wildman–Crippen MR) is 127 cm³/mol. The molecule has 3 aromatic rings. The van der Waals surface area contributed by atoms with E-state index in [4.69, 9.17) is 5.10 Å². The molecular formula is C24H30N6O2S. The first kappa shape index (κ1) is 21.9. The van der Waals surface area contributed by atoms with Crippen LogP contribution < -0.4 is 5.32 Å². The van der Waals surface area contributed by atoms with Crippen LogP contribution in [0.3, 0.4) is 0 Å². The van der Waals surface area contributed by atoms with Crippen molar-refractivity contribution in [3.8, 4) is 11.3 Å². The van der Waals surface area contributed by atoms with Gasteiger partial charge in [-0.3, -0.25) is 19.4 Å². The Morgan fingerprint density at radius 3 is 2.85 bits per heavy atom. The lowest BCUT2D eigenvalue weighted by atomic mass is 10.0. The van der Waals surface area contributed by atoms with Crippen LogP contribution in [-0.2, 0) is 19.5 Å². The molecule has 3 aromatic heterocycles. The average Bonchev–Trinajstić information content (AvgIpc) is 3.59. The number of carbonyl (C=O) groups excluding carboxylic acids is 2. The summed E-state index contributed by atoms with van der Waals surface area (Å²) in [6.07, 6.45) is 5.05. The molecule has 1 aliphatic carbocycles. The summed E-state index contributed by atoms with van der Waals surface area (Å²) in [7, 11) is 0. The molecule has 0 bridgehead atoms. The van der Waals surface area contributed by atoms with Crippen molar-refractivity contribution in [1.29, 1.82) is 0 Å². The molecule has 0 aromatic carbocycles. The molecule has 2 aliphatic rings. The highest BCUT2D eigenvalue weighted by Crippen LogP contribution is 2.27. The number of thiophene rings is 1. The highest BCUT2D eigenvalue weighted by Gasteiger charge is 2.32. The summed E-state index contributed by atoms with van der Waals surface area (Å²) in [4.78, 5) is 28.2. The van der Waals surface area contributed by atoms with E-state index in [0.717, 1.165) is 54.7 Å². The summed E-state index contributed by atoms with van der Waals surface area (Å²) in [5, 5.41) is 19.1. The third kappa shape index (κ3) is 4.46. The van der Waals surface area contributed by atoms with E-state index in [1.54, 1.807) is 22.3 Å². The standard InChI is InChI=1S/C24H30N6O2S/c1-15(2)12-30-21-7-9-29(24(32)20-11-19(26-27-20)16-8-10-33-14-16)13-18(21)22(28-30)23(31)25-17-5-3-4-6-17/h8,10-11,14-15,17H,3-7,9,12-13H2,1-2H3,(H,25,31)(H,26,27). The second-order valence-corrected chi connectivity index (χ2v) is 10.2. The summed E-state index contributed by atoms with van der Waals surface area (Å²) in [6.45, 7) is 6.03. The van der Waals surface area contributed by atoms with Crippen LogP contribution in [0.5, 0.6) is 0 Å². The highest BCUT2D eigenvalue weighted by molar-refractivity contribution is 7.08. The number of hydrogen-bond acceptors (Lipinski definition) is 5. The van der Waals surface area contributed by atoms with E-state index in [-0.39, 0.29) is 17.9 Å². The van der Waals surface area contributed by atoms with Crippen molar-refractivity contribution in [3.63, 3.8) is 0 Å². The van der Waals surface area contributed by atoms with Gasteiger partial charge in [-0.25, -0.2) is 0 Å². The van der Waals surface area contributed by atoms with Gasteiger partial charge in [-0.15, -0.1) is 0 Å². The van der Waals surface area contributed by atoms with Crippen LogP contribution in [0, 0.1) is 5.92 Å². The molecule has 1 saturated carbocycles. The van der Waals surface area contributed by atoms with E-state index < -0.39 is 0 Å². The first-order valence-electron chi connectivity index (χ1n) is 11.8. The lowest BCUT2D eigenvalue weighted by Gasteiger charge is -2.27. The van der Waals surface area contributed by atoms with Crippen molar-refractivity contribution in [2.75, 3.05) is 6.54 Å². The van der Waals surface area contributed by atoms with Gasteiger partial charge >= 0.3 is 0 Å². The SMILES string of the molecule is CC(C)Cn1nc(C(=O)NC2CCCC2)c2c1CCN(C(=O)c1cc(-c3ccsc3)n[nH]1)C2. The number of nitrogens with one attached hydrogen (secondary N) is 2. The van der Waals surface area contributed by atoms with Gasteiger partial charge in [-0.2, -0.15) is 21.5 Å². The summed E-state index contributed by atoms with van der Waals surface area (Å²) >= 11 is 1.60. The smallest absolute Gasteiger partial charge is 0.272 e. The highest BCUT2D eigenvalue weighted by atomic mass is 32.1. The van der Waals surface area contributed by atoms with Crippen LogP contribution in [0.25, 0.3) is 11.3 Å². The minimum absolute atomic E-state index is 0.103. The van der Waals surface area contributed by atoms with Gasteiger partial charge in [0.15, 0.2) is 5.69 Å². The van der Waals surface area contributed by atoms with Gasteiger partial charge in [-0.05, 0) is 36.3 Å². The Kier molecular flexibility index (Phi) is 6.05. The molecule has 0 spiro atoms. The number of aromatic amines is 1. The van der Waals surface area contributed by atoms with E-state index in [2.05, 4.69) is 29.4 Å². The van der Waals surface area contributed by atoms with E-state index in [1.807, 2.05) is 21.5 Å². The van der Waals surface area contributed by atoms with E-state index in [0.29, 0.717) is 36.8 Å². The van der Waals surface area contributed by atoms with Crippen LogP contribution in [0.15, 0.2) is 22.9 Å². The second-order valence-electron chi connectivity index (χ2n) is 9.46. The molecule has 174 valence electrons. The Morgan fingerprint density at radius 2 is 2.12 bits per heavy atom. The lowest BCUT2D eigenvalue weighted by molar-refractivity contribution is 0.0724. The van der Waals surface area contributed by atoms with E-state index >= 15 is 0 Å². The zero-order valence-corrected chi connectivity index (χ0v) is 20.0. The van der Waals surface area contributed by atoms with Crippen molar-refractivity contribution in [2.45, 2.75) is 65.1 Å². The summed E-state index contributed by atoms with van der Waals surface area (Å²) in [5.74, 6) is 0.199. The van der Waals surface area contributed by atoms with Crippen LogP contribution in [0.1, 0.15) is 71.8 Å². The monoisotopic (exact) mass is 466 g/mol. The number of rotatable bonds is 6. The maximum Gasteiger partial charge on any atom is 0.272 e. The topological polar surface area (TPSA) is 95.9 Å². The largest absolute Gasteiger partial charge is 0.348 e. The number of hydrogen-bond donors (Lipinski definition) is 2. The molecule has 1 aliphatic heterocycles. The first-order valence-corrected chi connectivity index (χ1v) is 12.7. The van der Waals surface area contributed by atoms with Crippen LogP contribution in [0.4, 0.5) is 0 Å².